The van der Waals surface area contributed by atoms with Gasteiger partial charge in [0, 0.05) is 27.1 Å². The van der Waals surface area contributed by atoms with Gasteiger partial charge >= 0.3 is 11.8 Å². The molecule has 4 aromatic rings. The molecule has 0 aliphatic rings. The molecule has 202 valence electrons. The molecule has 0 saturated carbocycles. The Bertz CT molecular complexity index is 1570. The van der Waals surface area contributed by atoms with Gasteiger partial charge in [-0.1, -0.05) is 39.7 Å². The summed E-state index contributed by atoms with van der Waals surface area (Å²) in [7, 11) is 3.10. The SMILES string of the molecule is COc1ccc(CCNC(=O)C(=O)Nn2c(C(=O)Nc3cccc(Cl)c3C)cc3cc(Br)ccc32)cc1OC. The lowest BCUT2D eigenvalue weighted by Crippen LogP contribution is -2.40. The summed E-state index contributed by atoms with van der Waals surface area (Å²) in [6.07, 6.45) is 0.465. The van der Waals surface area contributed by atoms with Crippen LogP contribution in [0.25, 0.3) is 10.9 Å². The Labute approximate surface area is 238 Å². The van der Waals surface area contributed by atoms with E-state index >= 15 is 0 Å². The molecule has 1 heterocycles. The fourth-order valence-electron chi connectivity index (χ4n) is 3.99. The van der Waals surface area contributed by atoms with Crippen molar-refractivity contribution in [3.05, 3.63) is 87.0 Å². The van der Waals surface area contributed by atoms with Crippen molar-refractivity contribution in [3.63, 3.8) is 0 Å². The first-order valence-electron chi connectivity index (χ1n) is 11.9. The molecule has 4 rings (SSSR count). The van der Waals surface area contributed by atoms with Crippen LogP contribution in [0, 0.1) is 6.92 Å². The quantitative estimate of drug-likeness (QED) is 0.241. The van der Waals surface area contributed by atoms with Crippen molar-refractivity contribution < 1.29 is 23.9 Å². The lowest BCUT2D eigenvalue weighted by Gasteiger charge is -2.14. The molecule has 0 aliphatic heterocycles. The maximum Gasteiger partial charge on any atom is 0.328 e. The third-order valence-electron chi connectivity index (χ3n) is 6.08. The van der Waals surface area contributed by atoms with Gasteiger partial charge in [-0.15, -0.1) is 0 Å². The largest absolute Gasteiger partial charge is 0.493 e. The Morgan fingerprint density at radius 2 is 1.72 bits per heavy atom. The minimum Gasteiger partial charge on any atom is -0.493 e. The summed E-state index contributed by atoms with van der Waals surface area (Å²) >= 11 is 9.62. The molecule has 0 fully saturated rings. The number of hydrogen-bond acceptors (Lipinski definition) is 5. The standard InChI is InChI=1S/C28H26BrClN4O5/c1-16-20(30)5-4-6-21(16)32-26(35)23-15-18-14-19(29)8-9-22(18)34(23)33-28(37)27(36)31-12-11-17-7-10-24(38-2)25(13-17)39-3/h4-10,13-15H,11-12H2,1-3H3,(H,31,36)(H,32,35)(H,33,37). The van der Waals surface area contributed by atoms with E-state index in [-0.39, 0.29) is 12.2 Å². The van der Waals surface area contributed by atoms with Crippen molar-refractivity contribution in [2.45, 2.75) is 13.3 Å². The maximum absolute atomic E-state index is 13.3. The molecule has 9 nitrogen and oxygen atoms in total. The first-order chi connectivity index (χ1) is 18.7. The number of benzene rings is 3. The second-order valence-electron chi connectivity index (χ2n) is 8.57. The average Bonchev–Trinajstić information content (AvgIpc) is 3.28. The van der Waals surface area contributed by atoms with Gasteiger partial charge in [0.15, 0.2) is 11.5 Å². The fraction of sp³-hybridized carbons (Fsp3) is 0.179. The van der Waals surface area contributed by atoms with E-state index in [0.29, 0.717) is 45.1 Å². The lowest BCUT2D eigenvalue weighted by molar-refractivity contribution is -0.136. The Morgan fingerprint density at radius 3 is 2.46 bits per heavy atom. The lowest BCUT2D eigenvalue weighted by atomic mass is 10.1. The van der Waals surface area contributed by atoms with Crippen LogP contribution in [0.3, 0.4) is 0 Å². The highest BCUT2D eigenvalue weighted by atomic mass is 79.9. The molecule has 0 aliphatic carbocycles. The van der Waals surface area contributed by atoms with E-state index in [9.17, 15) is 14.4 Å². The van der Waals surface area contributed by atoms with Gasteiger partial charge < -0.3 is 20.1 Å². The number of nitrogens with one attached hydrogen (secondary N) is 3. The normalized spacial score (nSPS) is 10.7. The smallest absolute Gasteiger partial charge is 0.328 e. The molecule has 0 spiro atoms. The zero-order valence-corrected chi connectivity index (χ0v) is 23.8. The molecule has 39 heavy (non-hydrogen) atoms. The van der Waals surface area contributed by atoms with Gasteiger partial charge in [-0.2, -0.15) is 0 Å². The topological polar surface area (TPSA) is 111 Å². The number of nitrogens with zero attached hydrogens (tertiary/aromatic N) is 1. The summed E-state index contributed by atoms with van der Waals surface area (Å²) < 4.78 is 12.6. The molecule has 0 atom stereocenters. The van der Waals surface area contributed by atoms with Gasteiger partial charge in [0.1, 0.15) is 5.69 Å². The van der Waals surface area contributed by atoms with Crippen LogP contribution in [0.4, 0.5) is 5.69 Å². The number of ether oxygens (including phenoxy) is 2. The number of halogens is 2. The van der Waals surface area contributed by atoms with E-state index in [4.69, 9.17) is 21.1 Å². The molecule has 3 amide bonds. The third kappa shape index (κ3) is 6.35. The first-order valence-corrected chi connectivity index (χ1v) is 13.1. The first kappa shape index (κ1) is 28.0. The van der Waals surface area contributed by atoms with E-state index in [1.807, 2.05) is 18.2 Å². The number of anilines is 1. The van der Waals surface area contributed by atoms with Gasteiger partial charge in [0.05, 0.1) is 19.7 Å². The van der Waals surface area contributed by atoms with Crippen LogP contribution in [-0.2, 0) is 16.0 Å². The number of rotatable bonds is 8. The van der Waals surface area contributed by atoms with Crippen molar-refractivity contribution in [2.75, 3.05) is 31.5 Å². The minimum atomic E-state index is -0.921. The summed E-state index contributed by atoms with van der Waals surface area (Å²) in [5, 5.41) is 6.63. The predicted octanol–water partition coefficient (Wildman–Crippen LogP) is 5.06. The highest BCUT2D eigenvalue weighted by Gasteiger charge is 2.21. The molecule has 1 aromatic heterocycles. The number of carbonyl (C=O) groups is 3. The molecular formula is C28H26BrClN4O5. The molecule has 0 saturated heterocycles. The summed E-state index contributed by atoms with van der Waals surface area (Å²) in [5.41, 5.74) is 5.36. The highest BCUT2D eigenvalue weighted by molar-refractivity contribution is 9.10. The number of methoxy groups -OCH3 is 2. The van der Waals surface area contributed by atoms with Gasteiger partial charge in [0.2, 0.25) is 0 Å². The number of fused-ring (bicyclic) bond motifs is 1. The molecular weight excluding hydrogens is 588 g/mol. The summed E-state index contributed by atoms with van der Waals surface area (Å²) in [4.78, 5) is 38.7. The van der Waals surface area contributed by atoms with Crippen LogP contribution in [0.5, 0.6) is 11.5 Å². The van der Waals surface area contributed by atoms with Crippen molar-refractivity contribution in [2.24, 2.45) is 0 Å². The van der Waals surface area contributed by atoms with Gasteiger partial charge in [-0.05, 0) is 73.0 Å². The second kappa shape index (κ2) is 12.2. The van der Waals surface area contributed by atoms with Crippen LogP contribution >= 0.6 is 27.5 Å². The van der Waals surface area contributed by atoms with Crippen LogP contribution in [0.2, 0.25) is 5.02 Å². The Morgan fingerprint density at radius 1 is 0.949 bits per heavy atom. The summed E-state index contributed by atoms with van der Waals surface area (Å²) in [6, 6.07) is 17.6. The summed E-state index contributed by atoms with van der Waals surface area (Å²) in [6.45, 7) is 2.00. The Hall–Kier alpha value is -4.02. The molecule has 3 aromatic carbocycles. The molecule has 3 N–H and O–H groups in total. The summed E-state index contributed by atoms with van der Waals surface area (Å²) in [5.74, 6) is -1.07. The van der Waals surface area contributed by atoms with Gasteiger partial charge in [-0.25, -0.2) is 4.68 Å². The van der Waals surface area contributed by atoms with Crippen molar-refractivity contribution in [1.82, 2.24) is 9.99 Å². The number of hydrogen-bond donors (Lipinski definition) is 3. The minimum absolute atomic E-state index is 0.133. The third-order valence-corrected chi connectivity index (χ3v) is 6.98. The monoisotopic (exact) mass is 612 g/mol. The van der Waals surface area contributed by atoms with Crippen LogP contribution in [-0.4, -0.2) is 43.2 Å². The second-order valence-corrected chi connectivity index (χ2v) is 9.89. The number of carbonyl (C=O) groups excluding carboxylic acids is 3. The zero-order chi connectivity index (χ0) is 28.1. The van der Waals surface area contributed by atoms with Gasteiger partial charge in [-0.3, -0.25) is 19.8 Å². The van der Waals surface area contributed by atoms with Crippen molar-refractivity contribution in [1.29, 1.82) is 0 Å². The van der Waals surface area contributed by atoms with Crippen LogP contribution in [0.15, 0.2) is 65.1 Å². The Balaban J connectivity index is 1.49. The average molecular weight is 614 g/mol. The maximum atomic E-state index is 13.3. The van der Waals surface area contributed by atoms with Crippen LogP contribution < -0.4 is 25.5 Å². The number of amides is 3. The highest BCUT2D eigenvalue weighted by Crippen LogP contribution is 2.28. The number of aromatic nitrogens is 1. The molecule has 0 unspecified atom stereocenters. The fourth-order valence-corrected chi connectivity index (χ4v) is 4.55. The van der Waals surface area contributed by atoms with E-state index in [1.54, 1.807) is 63.6 Å². The predicted molar refractivity (Wildman–Crippen MR) is 154 cm³/mol. The van der Waals surface area contributed by atoms with E-state index < -0.39 is 17.7 Å². The zero-order valence-electron chi connectivity index (χ0n) is 21.4. The van der Waals surface area contributed by atoms with Crippen molar-refractivity contribution >= 4 is 61.8 Å². The van der Waals surface area contributed by atoms with E-state index in [0.717, 1.165) is 10.0 Å². The molecule has 0 radical (unpaired) electrons. The van der Waals surface area contributed by atoms with Crippen molar-refractivity contribution in [3.8, 4) is 11.5 Å². The Kier molecular flexibility index (Phi) is 8.78. The molecule has 11 heteroatoms. The van der Waals surface area contributed by atoms with E-state index in [1.165, 1.54) is 4.68 Å². The molecule has 0 bridgehead atoms. The van der Waals surface area contributed by atoms with Gasteiger partial charge in [0.25, 0.3) is 5.91 Å². The van der Waals surface area contributed by atoms with E-state index in [2.05, 4.69) is 32.0 Å². The van der Waals surface area contributed by atoms with Crippen LogP contribution in [0.1, 0.15) is 21.6 Å².